The molecule has 24 heavy (non-hydrogen) atoms. The van der Waals surface area contributed by atoms with Crippen LogP contribution in [0.4, 0.5) is 4.39 Å². The zero-order valence-corrected chi connectivity index (χ0v) is 15.8. The molecule has 5 heteroatoms. The van der Waals surface area contributed by atoms with Gasteiger partial charge in [-0.25, -0.2) is 4.39 Å². The van der Waals surface area contributed by atoms with Crippen LogP contribution in [0, 0.1) is 5.82 Å². The van der Waals surface area contributed by atoms with E-state index in [1.807, 2.05) is 26.0 Å². The van der Waals surface area contributed by atoms with Gasteiger partial charge in [-0.3, -0.25) is 9.78 Å². The van der Waals surface area contributed by atoms with E-state index in [1.54, 1.807) is 17.0 Å². The van der Waals surface area contributed by atoms with Crippen molar-refractivity contribution in [3.8, 4) is 0 Å². The van der Waals surface area contributed by atoms with Crippen molar-refractivity contribution in [1.82, 2.24) is 9.55 Å². The zero-order chi connectivity index (χ0) is 15.1. The van der Waals surface area contributed by atoms with E-state index in [-0.39, 0.29) is 72.4 Å². The average molecular weight is 413 g/mol. The standard InChI is InChI=1S/C9H11F.C7H10N2O.3CH4.Y/c1-7(2)8-3-5-9(10)6-4-8;1-6(2)9-4-3-8-5-7(9)10;;;;/h3-7H,1-2H3;3-6H,1-2H3;3*1H4;. The van der Waals surface area contributed by atoms with Crippen LogP contribution < -0.4 is 5.56 Å². The van der Waals surface area contributed by atoms with E-state index in [0.29, 0.717) is 5.92 Å². The molecule has 0 bridgehead atoms. The first-order valence-electron chi connectivity index (χ1n) is 6.69. The van der Waals surface area contributed by atoms with Gasteiger partial charge in [-0.2, -0.15) is 0 Å². The SMILES string of the molecule is C.C.C.CC(C)c1ccc(F)cc1.CC(C)n1ccncc1=O.[Y]. The van der Waals surface area contributed by atoms with Gasteiger partial charge in [-0.05, 0) is 37.5 Å². The molecule has 0 spiro atoms. The summed E-state index contributed by atoms with van der Waals surface area (Å²) in [4.78, 5) is 14.7. The molecule has 0 unspecified atom stereocenters. The van der Waals surface area contributed by atoms with E-state index in [4.69, 9.17) is 0 Å². The van der Waals surface area contributed by atoms with Crippen molar-refractivity contribution in [3.63, 3.8) is 0 Å². The number of benzene rings is 1. The predicted molar refractivity (Wildman–Crippen MR) is 99.6 cm³/mol. The van der Waals surface area contributed by atoms with Gasteiger partial charge in [0.15, 0.2) is 0 Å². The van der Waals surface area contributed by atoms with Crippen LogP contribution in [0.3, 0.4) is 0 Å². The molecular formula is C19H33FN2OY. The molecule has 0 N–H and O–H groups in total. The second-order valence-electron chi connectivity index (χ2n) is 5.12. The molecule has 0 aliphatic rings. The molecule has 0 aliphatic heterocycles. The van der Waals surface area contributed by atoms with Gasteiger partial charge in [0.05, 0.1) is 6.20 Å². The van der Waals surface area contributed by atoms with Crippen LogP contribution >= 0.6 is 0 Å². The van der Waals surface area contributed by atoms with Crippen molar-refractivity contribution >= 4 is 0 Å². The van der Waals surface area contributed by atoms with Crippen LogP contribution in [-0.4, -0.2) is 9.55 Å². The van der Waals surface area contributed by atoms with Crippen LogP contribution in [0.25, 0.3) is 0 Å². The Bertz CT molecular complexity index is 580. The molecule has 135 valence electrons. The molecule has 1 aromatic heterocycles. The minimum absolute atomic E-state index is 0. The van der Waals surface area contributed by atoms with E-state index in [9.17, 15) is 9.18 Å². The molecule has 0 fully saturated rings. The molecule has 0 aliphatic carbocycles. The topological polar surface area (TPSA) is 34.9 Å². The second kappa shape index (κ2) is 15.6. The molecule has 0 amide bonds. The summed E-state index contributed by atoms with van der Waals surface area (Å²) in [7, 11) is 0. The Morgan fingerprint density at radius 1 is 1.00 bits per heavy atom. The Hall–Kier alpha value is -0.866. The van der Waals surface area contributed by atoms with Crippen LogP contribution in [0.1, 0.15) is 67.5 Å². The number of halogens is 1. The van der Waals surface area contributed by atoms with Gasteiger partial charge in [-0.15, -0.1) is 0 Å². The Morgan fingerprint density at radius 2 is 1.50 bits per heavy atom. The van der Waals surface area contributed by atoms with Gasteiger partial charge in [0, 0.05) is 51.1 Å². The summed E-state index contributed by atoms with van der Waals surface area (Å²) in [5.74, 6) is 0.324. The Kier molecular flexibility index (Phi) is 20.2. The monoisotopic (exact) mass is 413 g/mol. The zero-order valence-electron chi connectivity index (χ0n) is 13.0. The molecular weight excluding hydrogens is 380 g/mol. The summed E-state index contributed by atoms with van der Waals surface area (Å²) < 4.78 is 14.0. The summed E-state index contributed by atoms with van der Waals surface area (Å²) in [6.07, 6.45) is 4.62. The van der Waals surface area contributed by atoms with Crippen LogP contribution in [0.2, 0.25) is 0 Å². The Balaban J connectivity index is -0.000000143. The molecule has 1 radical (unpaired) electrons. The van der Waals surface area contributed by atoms with Gasteiger partial charge in [-0.1, -0.05) is 48.3 Å². The molecule has 1 aromatic carbocycles. The summed E-state index contributed by atoms with van der Waals surface area (Å²) in [6, 6.07) is 6.85. The minimum Gasteiger partial charge on any atom is -0.310 e. The van der Waals surface area contributed by atoms with Crippen LogP contribution in [-0.2, 0) is 32.7 Å². The third-order valence-corrected chi connectivity index (χ3v) is 2.85. The molecule has 0 atom stereocenters. The number of hydrogen-bond donors (Lipinski definition) is 0. The van der Waals surface area contributed by atoms with Crippen molar-refractivity contribution in [2.24, 2.45) is 0 Å². The minimum atomic E-state index is -0.163. The number of nitrogens with zero attached hydrogens (tertiary/aromatic N) is 2. The fraction of sp³-hybridized carbons (Fsp3) is 0.474. The third kappa shape index (κ3) is 10.8. The molecule has 1 heterocycles. The Labute approximate surface area is 172 Å². The van der Waals surface area contributed by atoms with Gasteiger partial charge in [0.25, 0.3) is 5.56 Å². The maximum absolute atomic E-state index is 12.4. The van der Waals surface area contributed by atoms with E-state index >= 15 is 0 Å². The van der Waals surface area contributed by atoms with E-state index in [0.717, 1.165) is 0 Å². The smallest absolute Gasteiger partial charge is 0.269 e. The van der Waals surface area contributed by atoms with Crippen molar-refractivity contribution in [3.05, 3.63) is 64.6 Å². The predicted octanol–water partition coefficient (Wildman–Crippen LogP) is 5.68. The maximum Gasteiger partial charge on any atom is 0.269 e. The van der Waals surface area contributed by atoms with Crippen molar-refractivity contribution < 1.29 is 37.1 Å². The van der Waals surface area contributed by atoms with Crippen molar-refractivity contribution in [2.75, 3.05) is 0 Å². The number of hydrogen-bond acceptors (Lipinski definition) is 2. The van der Waals surface area contributed by atoms with Gasteiger partial charge >= 0.3 is 0 Å². The molecule has 2 aromatic rings. The first-order valence-corrected chi connectivity index (χ1v) is 6.69. The van der Waals surface area contributed by atoms with Crippen LogP contribution in [0.5, 0.6) is 0 Å². The maximum atomic E-state index is 12.4. The van der Waals surface area contributed by atoms with Crippen molar-refractivity contribution in [1.29, 1.82) is 0 Å². The van der Waals surface area contributed by atoms with Gasteiger partial charge < -0.3 is 4.57 Å². The normalized spacial score (nSPS) is 8.62. The fourth-order valence-electron chi connectivity index (χ4n) is 1.63. The number of aromatic nitrogens is 2. The molecule has 0 saturated heterocycles. The summed E-state index contributed by atoms with van der Waals surface area (Å²) >= 11 is 0. The third-order valence-electron chi connectivity index (χ3n) is 2.85. The van der Waals surface area contributed by atoms with E-state index < -0.39 is 0 Å². The summed E-state index contributed by atoms with van der Waals surface area (Å²) in [5, 5.41) is 0. The van der Waals surface area contributed by atoms with Crippen molar-refractivity contribution in [2.45, 2.75) is 61.9 Å². The van der Waals surface area contributed by atoms with E-state index in [1.165, 1.54) is 23.9 Å². The summed E-state index contributed by atoms with van der Waals surface area (Å²) in [6.45, 7) is 8.10. The van der Waals surface area contributed by atoms with Gasteiger partial charge in [0.2, 0.25) is 0 Å². The Morgan fingerprint density at radius 3 is 1.83 bits per heavy atom. The first kappa shape index (κ1) is 31.0. The van der Waals surface area contributed by atoms with Crippen LogP contribution in [0.15, 0.2) is 47.7 Å². The second-order valence-corrected chi connectivity index (χ2v) is 5.12. The summed E-state index contributed by atoms with van der Waals surface area (Å²) in [5.41, 5.74) is 1.14. The average Bonchev–Trinajstić information content (AvgIpc) is 2.40. The van der Waals surface area contributed by atoms with E-state index in [2.05, 4.69) is 18.8 Å². The quantitative estimate of drug-likeness (QED) is 0.635. The number of rotatable bonds is 2. The fourth-order valence-corrected chi connectivity index (χ4v) is 1.63. The van der Waals surface area contributed by atoms with Gasteiger partial charge in [0.1, 0.15) is 5.82 Å². The molecule has 0 saturated carbocycles. The first-order chi connectivity index (χ1) is 9.41. The molecule has 3 nitrogen and oxygen atoms in total. The molecule has 2 rings (SSSR count). The largest absolute Gasteiger partial charge is 0.310 e.